The van der Waals surface area contributed by atoms with E-state index in [1.807, 2.05) is 24.3 Å². The van der Waals surface area contributed by atoms with Gasteiger partial charge in [0.1, 0.15) is 11.9 Å². The van der Waals surface area contributed by atoms with Gasteiger partial charge in [-0.1, -0.05) is 36.4 Å². The Morgan fingerprint density at radius 1 is 0.944 bits per heavy atom. The lowest BCUT2D eigenvalue weighted by Gasteiger charge is -2.13. The van der Waals surface area contributed by atoms with E-state index in [0.717, 1.165) is 24.2 Å². The maximum atomic E-state index is 6.02. The maximum absolute atomic E-state index is 6.02. The lowest BCUT2D eigenvalue weighted by atomic mass is 10.1. The molecule has 2 nitrogen and oxygen atoms in total. The molecule has 0 saturated heterocycles. The fourth-order valence-corrected chi connectivity index (χ4v) is 2.50. The fourth-order valence-electron chi connectivity index (χ4n) is 2.50. The van der Waals surface area contributed by atoms with Crippen molar-refractivity contribution >= 4 is 0 Å². The quantitative estimate of drug-likeness (QED) is 0.893. The molecular formula is C16H17NO. The van der Waals surface area contributed by atoms with Crippen LogP contribution >= 0.6 is 0 Å². The zero-order chi connectivity index (χ0) is 12.4. The van der Waals surface area contributed by atoms with E-state index in [0.29, 0.717) is 6.54 Å². The van der Waals surface area contributed by atoms with Crippen LogP contribution in [0.25, 0.3) is 0 Å². The van der Waals surface area contributed by atoms with Crippen LogP contribution in [0.1, 0.15) is 16.7 Å². The third kappa shape index (κ3) is 2.24. The van der Waals surface area contributed by atoms with Crippen LogP contribution in [0.2, 0.25) is 0 Å². The minimum Gasteiger partial charge on any atom is -0.490 e. The van der Waals surface area contributed by atoms with Gasteiger partial charge in [0, 0.05) is 19.4 Å². The van der Waals surface area contributed by atoms with Gasteiger partial charge < -0.3 is 10.5 Å². The first-order valence-corrected chi connectivity index (χ1v) is 6.37. The van der Waals surface area contributed by atoms with Gasteiger partial charge in [0.05, 0.1) is 0 Å². The minimum absolute atomic E-state index is 0.270. The summed E-state index contributed by atoms with van der Waals surface area (Å²) in [4.78, 5) is 0. The summed E-state index contributed by atoms with van der Waals surface area (Å²) >= 11 is 0. The first kappa shape index (κ1) is 11.3. The van der Waals surface area contributed by atoms with Gasteiger partial charge in [0.25, 0.3) is 0 Å². The van der Waals surface area contributed by atoms with Crippen molar-refractivity contribution < 1.29 is 4.74 Å². The molecule has 0 aromatic heterocycles. The highest BCUT2D eigenvalue weighted by atomic mass is 16.5. The summed E-state index contributed by atoms with van der Waals surface area (Å²) in [5, 5.41) is 0. The summed E-state index contributed by atoms with van der Waals surface area (Å²) in [7, 11) is 0. The second-order valence-corrected chi connectivity index (χ2v) is 4.76. The van der Waals surface area contributed by atoms with E-state index in [-0.39, 0.29) is 6.10 Å². The van der Waals surface area contributed by atoms with E-state index in [2.05, 4.69) is 24.3 Å². The number of benzene rings is 2. The predicted molar refractivity (Wildman–Crippen MR) is 72.6 cm³/mol. The first-order chi connectivity index (χ1) is 8.85. The molecule has 0 spiro atoms. The normalized spacial score (nSPS) is 14.5. The van der Waals surface area contributed by atoms with Gasteiger partial charge in [-0.25, -0.2) is 0 Å². The van der Waals surface area contributed by atoms with Crippen LogP contribution in [0.15, 0.2) is 48.5 Å². The largest absolute Gasteiger partial charge is 0.490 e. The highest BCUT2D eigenvalue weighted by molar-refractivity contribution is 5.34. The summed E-state index contributed by atoms with van der Waals surface area (Å²) < 4.78 is 6.02. The third-order valence-corrected chi connectivity index (χ3v) is 3.48. The molecule has 2 aromatic rings. The van der Waals surface area contributed by atoms with Crippen molar-refractivity contribution in [1.29, 1.82) is 0 Å². The van der Waals surface area contributed by atoms with Crippen LogP contribution in [0.5, 0.6) is 5.75 Å². The summed E-state index contributed by atoms with van der Waals surface area (Å²) in [5.41, 5.74) is 9.55. The first-order valence-electron chi connectivity index (χ1n) is 6.37. The Morgan fingerprint density at radius 3 is 2.11 bits per heavy atom. The molecule has 0 fully saturated rings. The molecule has 0 atom stereocenters. The molecule has 3 rings (SSSR count). The number of ether oxygens (including phenoxy) is 1. The summed E-state index contributed by atoms with van der Waals surface area (Å²) in [6.07, 6.45) is 2.29. The fraction of sp³-hybridized carbons (Fsp3) is 0.250. The molecule has 0 unspecified atom stereocenters. The molecule has 2 N–H and O–H groups in total. The predicted octanol–water partition coefficient (Wildman–Crippen LogP) is 2.69. The Labute approximate surface area is 107 Å². The Balaban J connectivity index is 1.68. The van der Waals surface area contributed by atoms with Gasteiger partial charge in [-0.05, 0) is 28.8 Å². The molecule has 0 radical (unpaired) electrons. The zero-order valence-electron chi connectivity index (χ0n) is 10.3. The van der Waals surface area contributed by atoms with Crippen molar-refractivity contribution in [3.8, 4) is 5.75 Å². The standard InChI is InChI=1S/C16H17NO/c17-11-12-5-7-15(8-6-12)18-16-9-13-3-1-2-4-14(13)10-16/h1-8,16H,9-11,17H2. The van der Waals surface area contributed by atoms with Crippen LogP contribution in [-0.4, -0.2) is 6.10 Å². The molecule has 1 aliphatic carbocycles. The van der Waals surface area contributed by atoms with E-state index in [1.54, 1.807) is 0 Å². The van der Waals surface area contributed by atoms with Gasteiger partial charge in [-0.15, -0.1) is 0 Å². The molecule has 1 aliphatic rings. The summed E-state index contributed by atoms with van der Waals surface area (Å²) in [6.45, 7) is 0.579. The van der Waals surface area contributed by atoms with Crippen LogP contribution in [0.3, 0.4) is 0 Å². The van der Waals surface area contributed by atoms with Crippen molar-refractivity contribution in [1.82, 2.24) is 0 Å². The lowest BCUT2D eigenvalue weighted by molar-refractivity contribution is 0.214. The van der Waals surface area contributed by atoms with Gasteiger partial charge in [0.15, 0.2) is 0 Å². The van der Waals surface area contributed by atoms with Crippen LogP contribution in [0.4, 0.5) is 0 Å². The van der Waals surface area contributed by atoms with Crippen molar-refractivity contribution in [3.63, 3.8) is 0 Å². The Hall–Kier alpha value is -1.80. The Bertz CT molecular complexity index is 508. The van der Waals surface area contributed by atoms with E-state index in [4.69, 9.17) is 10.5 Å². The molecule has 18 heavy (non-hydrogen) atoms. The highest BCUT2D eigenvalue weighted by Gasteiger charge is 2.22. The molecular weight excluding hydrogens is 222 g/mol. The zero-order valence-corrected chi connectivity index (χ0v) is 10.3. The maximum Gasteiger partial charge on any atom is 0.119 e. The third-order valence-electron chi connectivity index (χ3n) is 3.48. The van der Waals surface area contributed by atoms with Gasteiger partial charge in [-0.3, -0.25) is 0 Å². The van der Waals surface area contributed by atoms with Gasteiger partial charge in [-0.2, -0.15) is 0 Å². The number of fused-ring (bicyclic) bond motifs is 1. The van der Waals surface area contributed by atoms with E-state index >= 15 is 0 Å². The Kier molecular flexibility index (Phi) is 3.03. The van der Waals surface area contributed by atoms with Gasteiger partial charge in [0.2, 0.25) is 0 Å². The highest BCUT2D eigenvalue weighted by Crippen LogP contribution is 2.25. The monoisotopic (exact) mass is 239 g/mol. The molecule has 2 aromatic carbocycles. The average molecular weight is 239 g/mol. The number of hydrogen-bond acceptors (Lipinski definition) is 2. The van der Waals surface area contributed by atoms with Crippen LogP contribution in [0, 0.1) is 0 Å². The van der Waals surface area contributed by atoms with Crippen molar-refractivity contribution in [3.05, 3.63) is 65.2 Å². The molecule has 0 saturated carbocycles. The molecule has 0 amide bonds. The molecule has 2 heteroatoms. The smallest absolute Gasteiger partial charge is 0.119 e. The van der Waals surface area contributed by atoms with Crippen molar-refractivity contribution in [2.24, 2.45) is 5.73 Å². The second-order valence-electron chi connectivity index (χ2n) is 4.76. The SMILES string of the molecule is NCc1ccc(OC2Cc3ccccc3C2)cc1. The summed E-state index contributed by atoms with van der Waals surface area (Å²) in [5.74, 6) is 0.935. The summed E-state index contributed by atoms with van der Waals surface area (Å²) in [6, 6.07) is 16.6. The second kappa shape index (κ2) is 4.83. The number of nitrogens with two attached hydrogens (primary N) is 1. The molecule has 92 valence electrons. The molecule has 0 aliphatic heterocycles. The van der Waals surface area contributed by atoms with Crippen LogP contribution < -0.4 is 10.5 Å². The van der Waals surface area contributed by atoms with Gasteiger partial charge >= 0.3 is 0 Å². The van der Waals surface area contributed by atoms with E-state index in [1.165, 1.54) is 11.1 Å². The number of hydrogen-bond donors (Lipinski definition) is 1. The topological polar surface area (TPSA) is 35.2 Å². The Morgan fingerprint density at radius 2 is 1.56 bits per heavy atom. The van der Waals surface area contributed by atoms with E-state index < -0.39 is 0 Å². The molecule has 0 bridgehead atoms. The van der Waals surface area contributed by atoms with Crippen LogP contribution in [-0.2, 0) is 19.4 Å². The molecule has 0 heterocycles. The average Bonchev–Trinajstić information content (AvgIpc) is 2.82. The van der Waals surface area contributed by atoms with E-state index in [9.17, 15) is 0 Å². The lowest BCUT2D eigenvalue weighted by Crippen LogP contribution is -2.16. The van der Waals surface area contributed by atoms with Crippen molar-refractivity contribution in [2.75, 3.05) is 0 Å². The van der Waals surface area contributed by atoms with Crippen molar-refractivity contribution in [2.45, 2.75) is 25.5 Å². The minimum atomic E-state index is 0.270. The number of rotatable bonds is 3.